The summed E-state index contributed by atoms with van der Waals surface area (Å²) in [6, 6.07) is 13.1. The van der Waals surface area contributed by atoms with Crippen LogP contribution in [0.15, 0.2) is 58.7 Å². The molecule has 136 valence electrons. The number of benzene rings is 2. The number of nitrogens with one attached hydrogen (secondary N) is 1. The first kappa shape index (κ1) is 17.0. The van der Waals surface area contributed by atoms with Gasteiger partial charge < -0.3 is 14.8 Å². The summed E-state index contributed by atoms with van der Waals surface area (Å²) in [7, 11) is 0. The number of oxazole rings is 1. The van der Waals surface area contributed by atoms with Gasteiger partial charge in [-0.15, -0.1) is 0 Å². The Labute approximate surface area is 154 Å². The Balaban J connectivity index is 1.64. The molecule has 0 saturated carbocycles. The van der Waals surface area contributed by atoms with Crippen LogP contribution in [0, 0.1) is 6.92 Å². The number of aliphatic hydroxyl groups excluding tert-OH is 1. The summed E-state index contributed by atoms with van der Waals surface area (Å²) in [5, 5.41) is 12.0. The van der Waals surface area contributed by atoms with E-state index < -0.39 is 11.8 Å². The third-order valence-corrected chi connectivity index (χ3v) is 4.38. The van der Waals surface area contributed by atoms with Gasteiger partial charge in [-0.25, -0.2) is 4.98 Å². The van der Waals surface area contributed by atoms with E-state index in [1.54, 1.807) is 0 Å². The second kappa shape index (κ2) is 6.69. The summed E-state index contributed by atoms with van der Waals surface area (Å²) >= 11 is 0. The van der Waals surface area contributed by atoms with Gasteiger partial charge in [0, 0.05) is 17.3 Å². The molecule has 27 heavy (non-hydrogen) atoms. The number of imide groups is 1. The van der Waals surface area contributed by atoms with Crippen molar-refractivity contribution in [3.63, 3.8) is 0 Å². The first-order chi connectivity index (χ1) is 13.1. The van der Waals surface area contributed by atoms with Crippen LogP contribution in [-0.4, -0.2) is 40.0 Å². The Morgan fingerprint density at radius 3 is 2.78 bits per heavy atom. The largest absolute Gasteiger partial charge is 0.436 e. The average molecular weight is 363 g/mol. The Morgan fingerprint density at radius 2 is 2.00 bits per heavy atom. The number of rotatable bonds is 5. The predicted octanol–water partition coefficient (Wildman–Crippen LogP) is 2.46. The van der Waals surface area contributed by atoms with E-state index in [1.807, 2.05) is 49.4 Å². The maximum atomic E-state index is 12.3. The number of fused-ring (bicyclic) bond motifs is 1. The number of carbonyl (C=O) groups excluding carboxylic acids is 2. The summed E-state index contributed by atoms with van der Waals surface area (Å²) in [5.74, 6) is -0.422. The Hall–Kier alpha value is -3.45. The number of aliphatic hydroxyl groups is 1. The van der Waals surface area contributed by atoms with Gasteiger partial charge in [-0.05, 0) is 36.8 Å². The van der Waals surface area contributed by atoms with Gasteiger partial charge in [0.05, 0.1) is 13.2 Å². The molecule has 0 unspecified atom stereocenters. The van der Waals surface area contributed by atoms with Gasteiger partial charge in [0.1, 0.15) is 11.2 Å². The lowest BCUT2D eigenvalue weighted by atomic mass is 10.1. The standard InChI is InChI=1S/C20H17N3O4/c1-12-6-7-13(19-22-14-4-2-3-5-17(14)27-19)10-15(12)21-16-11-18(25)23(8-9-24)20(16)26/h2-7,10-11,21,24H,8-9H2,1H3. The van der Waals surface area contributed by atoms with Crippen molar-refractivity contribution in [2.75, 3.05) is 18.5 Å². The molecule has 0 bridgehead atoms. The average Bonchev–Trinajstić information content (AvgIpc) is 3.20. The van der Waals surface area contributed by atoms with E-state index >= 15 is 0 Å². The molecule has 0 saturated heterocycles. The molecule has 2 N–H and O–H groups in total. The summed E-state index contributed by atoms with van der Waals surface area (Å²) in [5.41, 5.74) is 3.96. The molecule has 2 heterocycles. The molecule has 0 radical (unpaired) electrons. The summed E-state index contributed by atoms with van der Waals surface area (Å²) in [6.07, 6.45) is 1.24. The second-order valence-corrected chi connectivity index (χ2v) is 6.22. The molecule has 3 aromatic rings. The van der Waals surface area contributed by atoms with Crippen LogP contribution in [0.2, 0.25) is 0 Å². The fraction of sp³-hybridized carbons (Fsp3) is 0.150. The Morgan fingerprint density at radius 1 is 1.19 bits per heavy atom. The lowest BCUT2D eigenvalue weighted by Gasteiger charge is -2.14. The molecule has 7 nitrogen and oxygen atoms in total. The molecule has 0 spiro atoms. The van der Waals surface area contributed by atoms with E-state index in [0.717, 1.165) is 21.5 Å². The van der Waals surface area contributed by atoms with Gasteiger partial charge in [0.15, 0.2) is 5.58 Å². The number of nitrogens with zero attached hydrogens (tertiary/aromatic N) is 2. The van der Waals surface area contributed by atoms with E-state index in [1.165, 1.54) is 6.08 Å². The molecule has 2 amide bonds. The zero-order valence-corrected chi connectivity index (χ0v) is 14.6. The van der Waals surface area contributed by atoms with Crippen molar-refractivity contribution >= 4 is 28.6 Å². The van der Waals surface area contributed by atoms with Crippen molar-refractivity contribution in [1.29, 1.82) is 0 Å². The lowest BCUT2D eigenvalue weighted by Crippen LogP contribution is -2.34. The molecular weight excluding hydrogens is 346 g/mol. The Bertz CT molecular complexity index is 1050. The molecule has 4 rings (SSSR count). The van der Waals surface area contributed by atoms with Crippen LogP contribution >= 0.6 is 0 Å². The van der Waals surface area contributed by atoms with Crippen LogP contribution in [0.3, 0.4) is 0 Å². The summed E-state index contributed by atoms with van der Waals surface area (Å²) < 4.78 is 5.80. The third-order valence-electron chi connectivity index (χ3n) is 4.38. The van der Waals surface area contributed by atoms with E-state index in [2.05, 4.69) is 10.3 Å². The van der Waals surface area contributed by atoms with Crippen molar-refractivity contribution in [3.8, 4) is 11.5 Å². The van der Waals surface area contributed by atoms with Gasteiger partial charge in [-0.2, -0.15) is 0 Å². The minimum Gasteiger partial charge on any atom is -0.436 e. The van der Waals surface area contributed by atoms with Crippen LogP contribution in [0.25, 0.3) is 22.6 Å². The van der Waals surface area contributed by atoms with Crippen molar-refractivity contribution in [2.24, 2.45) is 0 Å². The highest BCUT2D eigenvalue weighted by molar-refractivity contribution is 6.17. The zero-order chi connectivity index (χ0) is 19.0. The molecule has 1 aliphatic heterocycles. The van der Waals surface area contributed by atoms with Crippen molar-refractivity contribution in [2.45, 2.75) is 6.92 Å². The number of hydrogen-bond acceptors (Lipinski definition) is 6. The molecule has 1 aliphatic rings. The number of para-hydroxylation sites is 2. The number of amides is 2. The maximum Gasteiger partial charge on any atom is 0.277 e. The predicted molar refractivity (Wildman–Crippen MR) is 99.7 cm³/mol. The molecule has 0 fully saturated rings. The molecule has 0 atom stereocenters. The zero-order valence-electron chi connectivity index (χ0n) is 14.6. The van der Waals surface area contributed by atoms with Crippen LogP contribution in [0.1, 0.15) is 5.56 Å². The minimum absolute atomic E-state index is 0.0265. The highest BCUT2D eigenvalue weighted by Crippen LogP contribution is 2.29. The second-order valence-electron chi connectivity index (χ2n) is 6.22. The number of hydrogen-bond donors (Lipinski definition) is 2. The minimum atomic E-state index is -0.458. The summed E-state index contributed by atoms with van der Waals surface area (Å²) in [6.45, 7) is 1.59. The van der Waals surface area contributed by atoms with Crippen molar-refractivity contribution in [3.05, 3.63) is 59.8 Å². The van der Waals surface area contributed by atoms with Crippen LogP contribution in [-0.2, 0) is 9.59 Å². The Kier molecular flexibility index (Phi) is 4.21. The third kappa shape index (κ3) is 3.09. The smallest absolute Gasteiger partial charge is 0.277 e. The molecule has 1 aromatic heterocycles. The molecule has 2 aromatic carbocycles. The maximum absolute atomic E-state index is 12.3. The fourth-order valence-electron chi connectivity index (χ4n) is 2.94. The fourth-order valence-corrected chi connectivity index (χ4v) is 2.94. The lowest BCUT2D eigenvalue weighted by molar-refractivity contribution is -0.137. The topological polar surface area (TPSA) is 95.7 Å². The van der Waals surface area contributed by atoms with Crippen molar-refractivity contribution < 1.29 is 19.1 Å². The highest BCUT2D eigenvalue weighted by Gasteiger charge is 2.30. The van der Waals surface area contributed by atoms with E-state index in [0.29, 0.717) is 17.2 Å². The molecule has 7 heteroatoms. The normalized spacial score (nSPS) is 14.1. The number of aryl methyl sites for hydroxylation is 1. The van der Waals surface area contributed by atoms with E-state index in [9.17, 15) is 9.59 Å². The number of aromatic nitrogens is 1. The monoisotopic (exact) mass is 363 g/mol. The van der Waals surface area contributed by atoms with E-state index in [-0.39, 0.29) is 18.8 Å². The number of β-amino-alcohol motifs (C(OH)–C–C–N with tert-alkyl or cyclic N) is 1. The van der Waals surface area contributed by atoms with Crippen molar-refractivity contribution in [1.82, 2.24) is 9.88 Å². The van der Waals surface area contributed by atoms with Gasteiger partial charge in [-0.3, -0.25) is 14.5 Å². The SMILES string of the molecule is Cc1ccc(-c2nc3ccccc3o2)cc1NC1=CC(=O)N(CCO)C1=O. The van der Waals surface area contributed by atoms with Crippen LogP contribution < -0.4 is 5.32 Å². The first-order valence-electron chi connectivity index (χ1n) is 8.49. The quantitative estimate of drug-likeness (QED) is 0.676. The van der Waals surface area contributed by atoms with Gasteiger partial charge in [0.2, 0.25) is 5.89 Å². The van der Waals surface area contributed by atoms with Gasteiger partial charge in [0.25, 0.3) is 11.8 Å². The van der Waals surface area contributed by atoms with Gasteiger partial charge >= 0.3 is 0 Å². The number of carbonyl (C=O) groups is 2. The first-order valence-corrected chi connectivity index (χ1v) is 8.49. The number of anilines is 1. The molecular formula is C20H17N3O4. The van der Waals surface area contributed by atoms with Crippen LogP contribution in [0.5, 0.6) is 0 Å². The summed E-state index contributed by atoms with van der Waals surface area (Å²) in [4.78, 5) is 29.7. The molecule has 0 aliphatic carbocycles. The van der Waals surface area contributed by atoms with Crippen LogP contribution in [0.4, 0.5) is 5.69 Å². The highest BCUT2D eigenvalue weighted by atomic mass is 16.3. The van der Waals surface area contributed by atoms with Gasteiger partial charge in [-0.1, -0.05) is 18.2 Å². The van der Waals surface area contributed by atoms with E-state index in [4.69, 9.17) is 9.52 Å².